The molecule has 0 spiro atoms. The summed E-state index contributed by atoms with van der Waals surface area (Å²) in [6.45, 7) is 1.91. The lowest BCUT2D eigenvalue weighted by Crippen LogP contribution is -2.27. The molecule has 0 saturated carbocycles. The van der Waals surface area contributed by atoms with Crippen molar-refractivity contribution in [3.63, 3.8) is 0 Å². The highest BCUT2D eigenvalue weighted by Crippen LogP contribution is 2.08. The van der Waals surface area contributed by atoms with Crippen LogP contribution >= 0.6 is 0 Å². The second kappa shape index (κ2) is 9.62. The number of carbonyl (C=O) groups excluding carboxylic acids is 1. The zero-order chi connectivity index (χ0) is 13.9. The van der Waals surface area contributed by atoms with Gasteiger partial charge >= 0.3 is 0 Å². The van der Waals surface area contributed by atoms with Crippen LogP contribution in [0.15, 0.2) is 22.8 Å². The molecular weight excluding hydrogens is 240 g/mol. The fraction of sp³-hybridized carbons (Fsp3) is 0.667. The molecule has 4 nitrogen and oxygen atoms in total. The van der Waals surface area contributed by atoms with Gasteiger partial charge in [-0.25, -0.2) is 0 Å². The van der Waals surface area contributed by atoms with Crippen LogP contribution in [0, 0.1) is 0 Å². The Kier molecular flexibility index (Phi) is 7.98. The van der Waals surface area contributed by atoms with E-state index in [1.807, 2.05) is 14.1 Å². The van der Waals surface area contributed by atoms with E-state index in [4.69, 9.17) is 4.42 Å². The number of hydrogen-bond donors (Lipinski definition) is 1. The highest BCUT2D eigenvalue weighted by molar-refractivity contribution is 5.91. The van der Waals surface area contributed by atoms with E-state index in [1.165, 1.54) is 38.4 Å². The third-order valence-electron chi connectivity index (χ3n) is 3.25. The van der Waals surface area contributed by atoms with Gasteiger partial charge in [-0.2, -0.15) is 0 Å². The fourth-order valence-corrected chi connectivity index (χ4v) is 2.05. The largest absolute Gasteiger partial charge is 0.459 e. The number of amides is 1. The number of rotatable bonds is 10. The molecule has 0 fully saturated rings. The molecule has 1 aromatic rings. The summed E-state index contributed by atoms with van der Waals surface area (Å²) in [5.74, 6) is 0.397. The van der Waals surface area contributed by atoms with Crippen LogP contribution in [-0.4, -0.2) is 38.0 Å². The van der Waals surface area contributed by atoms with Crippen molar-refractivity contribution in [3.8, 4) is 0 Å². The van der Waals surface area contributed by atoms with Crippen LogP contribution in [0.25, 0.3) is 0 Å². The standard InChI is InChI=1S/C15H26N2O2/c1-16-11-7-5-3-4-6-8-12-17(2)15(18)14-10-9-13-19-14/h9-10,13,16H,3-8,11-12H2,1-2H3. The van der Waals surface area contributed by atoms with E-state index in [0.717, 1.165) is 19.5 Å². The maximum Gasteiger partial charge on any atom is 0.289 e. The Morgan fingerprint density at radius 1 is 1.21 bits per heavy atom. The topological polar surface area (TPSA) is 45.5 Å². The molecule has 1 N–H and O–H groups in total. The predicted octanol–water partition coefficient (Wildman–Crippen LogP) is 2.91. The molecule has 0 aliphatic rings. The Labute approximate surface area is 116 Å². The van der Waals surface area contributed by atoms with Crippen molar-refractivity contribution < 1.29 is 9.21 Å². The second-order valence-electron chi connectivity index (χ2n) is 4.93. The molecule has 0 saturated heterocycles. The maximum atomic E-state index is 11.9. The second-order valence-corrected chi connectivity index (χ2v) is 4.93. The summed E-state index contributed by atoms with van der Waals surface area (Å²) >= 11 is 0. The Morgan fingerprint density at radius 2 is 1.89 bits per heavy atom. The molecule has 0 unspecified atom stereocenters. The van der Waals surface area contributed by atoms with Gasteiger partial charge in [0.2, 0.25) is 0 Å². The third-order valence-corrected chi connectivity index (χ3v) is 3.25. The average molecular weight is 266 g/mol. The van der Waals surface area contributed by atoms with Gasteiger partial charge in [0.05, 0.1) is 6.26 Å². The van der Waals surface area contributed by atoms with Crippen molar-refractivity contribution in [2.75, 3.05) is 27.2 Å². The van der Waals surface area contributed by atoms with E-state index < -0.39 is 0 Å². The Hall–Kier alpha value is -1.29. The molecule has 0 bridgehead atoms. The molecule has 1 amide bonds. The third kappa shape index (κ3) is 6.43. The van der Waals surface area contributed by atoms with Crippen LogP contribution in [0.5, 0.6) is 0 Å². The van der Waals surface area contributed by atoms with Crippen LogP contribution < -0.4 is 5.32 Å². The Balaban J connectivity index is 2.01. The highest BCUT2D eigenvalue weighted by atomic mass is 16.3. The number of carbonyl (C=O) groups is 1. The summed E-state index contributed by atoms with van der Waals surface area (Å²) < 4.78 is 5.10. The number of nitrogens with one attached hydrogen (secondary N) is 1. The minimum Gasteiger partial charge on any atom is -0.459 e. The van der Waals surface area contributed by atoms with Crippen molar-refractivity contribution in [1.29, 1.82) is 0 Å². The summed E-state index contributed by atoms with van der Waals surface area (Å²) in [6.07, 6.45) is 8.88. The first-order valence-corrected chi connectivity index (χ1v) is 7.19. The van der Waals surface area contributed by atoms with Crippen molar-refractivity contribution in [2.24, 2.45) is 0 Å². The Morgan fingerprint density at radius 3 is 2.53 bits per heavy atom. The minimum absolute atomic E-state index is 0.0287. The molecular formula is C15H26N2O2. The molecule has 0 atom stereocenters. The van der Waals surface area contributed by atoms with E-state index in [-0.39, 0.29) is 5.91 Å². The highest BCUT2D eigenvalue weighted by Gasteiger charge is 2.13. The van der Waals surface area contributed by atoms with Gasteiger partial charge in [-0.05, 0) is 38.6 Å². The van der Waals surface area contributed by atoms with Gasteiger partial charge < -0.3 is 14.6 Å². The molecule has 0 aliphatic carbocycles. The lowest BCUT2D eigenvalue weighted by Gasteiger charge is -2.15. The van der Waals surface area contributed by atoms with E-state index in [1.54, 1.807) is 17.0 Å². The molecule has 0 aromatic carbocycles. The normalized spacial score (nSPS) is 10.6. The van der Waals surface area contributed by atoms with Gasteiger partial charge in [-0.15, -0.1) is 0 Å². The summed E-state index contributed by atoms with van der Waals surface area (Å²) in [7, 11) is 3.82. The molecule has 1 aromatic heterocycles. The molecule has 19 heavy (non-hydrogen) atoms. The maximum absolute atomic E-state index is 11.9. The summed E-state index contributed by atoms with van der Waals surface area (Å²) in [6, 6.07) is 3.45. The summed E-state index contributed by atoms with van der Waals surface area (Å²) in [4.78, 5) is 13.6. The molecule has 4 heteroatoms. The van der Waals surface area contributed by atoms with Crippen molar-refractivity contribution in [1.82, 2.24) is 10.2 Å². The van der Waals surface area contributed by atoms with Crippen molar-refractivity contribution in [2.45, 2.75) is 38.5 Å². The molecule has 0 aliphatic heterocycles. The number of furan rings is 1. The van der Waals surface area contributed by atoms with Crippen molar-refractivity contribution >= 4 is 5.91 Å². The van der Waals surface area contributed by atoms with Gasteiger partial charge in [0.15, 0.2) is 5.76 Å². The van der Waals surface area contributed by atoms with E-state index in [0.29, 0.717) is 5.76 Å². The predicted molar refractivity (Wildman–Crippen MR) is 77.3 cm³/mol. The van der Waals surface area contributed by atoms with Crippen LogP contribution in [0.1, 0.15) is 49.1 Å². The van der Waals surface area contributed by atoms with Gasteiger partial charge in [0.25, 0.3) is 5.91 Å². The number of nitrogens with zero attached hydrogens (tertiary/aromatic N) is 1. The smallest absolute Gasteiger partial charge is 0.289 e. The fourth-order valence-electron chi connectivity index (χ4n) is 2.05. The van der Waals surface area contributed by atoms with Crippen LogP contribution in [0.3, 0.4) is 0 Å². The molecule has 0 radical (unpaired) electrons. The molecule has 108 valence electrons. The number of unbranched alkanes of at least 4 members (excludes halogenated alkanes) is 5. The van der Waals surface area contributed by atoms with Crippen LogP contribution in [0.4, 0.5) is 0 Å². The van der Waals surface area contributed by atoms with E-state index in [2.05, 4.69) is 5.32 Å². The Bertz CT molecular complexity index is 336. The number of hydrogen-bond acceptors (Lipinski definition) is 3. The SMILES string of the molecule is CNCCCCCCCCN(C)C(=O)c1ccco1. The lowest BCUT2D eigenvalue weighted by molar-refractivity contribution is 0.0761. The molecule has 1 heterocycles. The quantitative estimate of drug-likeness (QED) is 0.662. The molecule has 1 rings (SSSR count). The average Bonchev–Trinajstić information content (AvgIpc) is 2.94. The summed E-state index contributed by atoms with van der Waals surface area (Å²) in [5, 5.41) is 3.16. The van der Waals surface area contributed by atoms with E-state index >= 15 is 0 Å². The van der Waals surface area contributed by atoms with Gasteiger partial charge in [-0.1, -0.05) is 25.7 Å². The first kappa shape index (κ1) is 15.8. The summed E-state index contributed by atoms with van der Waals surface area (Å²) in [5.41, 5.74) is 0. The zero-order valence-electron chi connectivity index (χ0n) is 12.2. The lowest BCUT2D eigenvalue weighted by atomic mass is 10.1. The van der Waals surface area contributed by atoms with Crippen LogP contribution in [0.2, 0.25) is 0 Å². The van der Waals surface area contributed by atoms with E-state index in [9.17, 15) is 4.79 Å². The first-order valence-electron chi connectivity index (χ1n) is 7.19. The van der Waals surface area contributed by atoms with Gasteiger partial charge in [-0.3, -0.25) is 4.79 Å². The van der Waals surface area contributed by atoms with Crippen molar-refractivity contribution in [3.05, 3.63) is 24.2 Å². The monoisotopic (exact) mass is 266 g/mol. The van der Waals surface area contributed by atoms with Gasteiger partial charge in [0, 0.05) is 13.6 Å². The first-order chi connectivity index (χ1) is 9.25. The van der Waals surface area contributed by atoms with Crippen LogP contribution in [-0.2, 0) is 0 Å². The zero-order valence-corrected chi connectivity index (χ0v) is 12.2. The minimum atomic E-state index is -0.0287. The van der Waals surface area contributed by atoms with Gasteiger partial charge in [0.1, 0.15) is 0 Å².